The third-order valence-corrected chi connectivity index (χ3v) is 4.47. The lowest BCUT2D eigenvalue weighted by molar-refractivity contribution is -0.122. The molecule has 0 spiro atoms. The van der Waals surface area contributed by atoms with Gasteiger partial charge in [0.2, 0.25) is 5.91 Å². The summed E-state index contributed by atoms with van der Waals surface area (Å²) in [6, 6.07) is 0.265. The van der Waals surface area contributed by atoms with Crippen LogP contribution in [0.4, 0.5) is 0 Å². The molecule has 21 heavy (non-hydrogen) atoms. The van der Waals surface area contributed by atoms with Gasteiger partial charge in [0.1, 0.15) is 0 Å². The van der Waals surface area contributed by atoms with E-state index in [0.29, 0.717) is 38.0 Å². The second kappa shape index (κ2) is 8.51. The summed E-state index contributed by atoms with van der Waals surface area (Å²) in [6.07, 6.45) is 7.59. The van der Waals surface area contributed by atoms with Crippen molar-refractivity contribution in [3.63, 3.8) is 0 Å². The first kappa shape index (κ1) is 16.5. The van der Waals surface area contributed by atoms with Crippen molar-refractivity contribution in [2.75, 3.05) is 26.3 Å². The molecule has 1 saturated heterocycles. The number of carbonyl (C=O) groups excluding carboxylic acids is 1. The minimum atomic E-state index is -0.489. The van der Waals surface area contributed by atoms with Crippen LogP contribution in [0.5, 0.6) is 0 Å². The summed E-state index contributed by atoms with van der Waals surface area (Å²) in [6.45, 7) is 4.52. The molecule has 5 heteroatoms. The lowest BCUT2D eigenvalue weighted by atomic mass is 9.85. The fraction of sp³-hybridized carbons (Fsp3) is 0.812. The molecule has 5 nitrogen and oxygen atoms in total. The van der Waals surface area contributed by atoms with Crippen LogP contribution in [0.25, 0.3) is 0 Å². The number of aliphatic hydroxyl groups excluding tert-OH is 1. The molecule has 1 amide bonds. The fourth-order valence-corrected chi connectivity index (χ4v) is 2.86. The van der Waals surface area contributed by atoms with Crippen molar-refractivity contribution < 1.29 is 14.6 Å². The summed E-state index contributed by atoms with van der Waals surface area (Å²) < 4.78 is 5.67. The lowest BCUT2D eigenvalue weighted by Crippen LogP contribution is -2.48. The SMILES string of the molecule is CC1CC=CCC1COCC(O)CNC1CCC(=O)NC1. The van der Waals surface area contributed by atoms with Gasteiger partial charge in [0.05, 0.1) is 19.3 Å². The van der Waals surface area contributed by atoms with Gasteiger partial charge in [-0.05, 0) is 31.1 Å². The maximum atomic E-state index is 11.1. The molecule has 0 radical (unpaired) electrons. The van der Waals surface area contributed by atoms with Crippen LogP contribution in [0.2, 0.25) is 0 Å². The predicted molar refractivity (Wildman–Crippen MR) is 81.9 cm³/mol. The number of hydrogen-bond donors (Lipinski definition) is 3. The van der Waals surface area contributed by atoms with Gasteiger partial charge in [0.15, 0.2) is 0 Å². The van der Waals surface area contributed by atoms with Crippen molar-refractivity contribution in [2.45, 2.75) is 44.8 Å². The number of ether oxygens (including phenoxy) is 1. The topological polar surface area (TPSA) is 70.6 Å². The first-order valence-electron chi connectivity index (χ1n) is 8.06. The number of rotatable bonds is 7. The molecular formula is C16H28N2O3. The summed E-state index contributed by atoms with van der Waals surface area (Å²) in [5.74, 6) is 1.35. The number of carbonyl (C=O) groups is 1. The van der Waals surface area contributed by atoms with Crippen molar-refractivity contribution >= 4 is 5.91 Å². The first-order chi connectivity index (χ1) is 10.1. The highest BCUT2D eigenvalue weighted by molar-refractivity contribution is 5.76. The maximum absolute atomic E-state index is 11.1. The van der Waals surface area contributed by atoms with E-state index in [1.54, 1.807) is 0 Å². The van der Waals surface area contributed by atoms with E-state index in [2.05, 4.69) is 29.7 Å². The van der Waals surface area contributed by atoms with E-state index < -0.39 is 6.10 Å². The molecule has 0 saturated carbocycles. The molecule has 0 aromatic carbocycles. The standard InChI is InChI=1S/C16H28N2O3/c1-12-4-2-3-5-13(12)10-21-11-15(19)9-17-14-6-7-16(20)18-8-14/h2-3,12-15,17,19H,4-11H2,1H3,(H,18,20). The van der Waals surface area contributed by atoms with Gasteiger partial charge in [-0.15, -0.1) is 0 Å². The van der Waals surface area contributed by atoms with Crippen LogP contribution in [-0.4, -0.2) is 49.5 Å². The largest absolute Gasteiger partial charge is 0.389 e. The molecule has 1 aliphatic carbocycles. The van der Waals surface area contributed by atoms with Crippen LogP contribution in [0.3, 0.4) is 0 Å². The molecule has 1 fully saturated rings. The van der Waals surface area contributed by atoms with Crippen LogP contribution in [0.15, 0.2) is 12.2 Å². The fourth-order valence-electron chi connectivity index (χ4n) is 2.86. The number of aliphatic hydroxyl groups is 1. The quantitative estimate of drug-likeness (QED) is 0.609. The van der Waals surface area contributed by atoms with E-state index in [1.807, 2.05) is 0 Å². The van der Waals surface area contributed by atoms with E-state index in [1.165, 1.54) is 0 Å². The first-order valence-corrected chi connectivity index (χ1v) is 8.06. The number of hydrogen-bond acceptors (Lipinski definition) is 4. The van der Waals surface area contributed by atoms with Gasteiger partial charge >= 0.3 is 0 Å². The van der Waals surface area contributed by atoms with Crippen molar-refractivity contribution in [1.29, 1.82) is 0 Å². The molecule has 3 N–H and O–H groups in total. The zero-order chi connectivity index (χ0) is 15.1. The average Bonchev–Trinajstić information content (AvgIpc) is 2.49. The highest BCUT2D eigenvalue weighted by Gasteiger charge is 2.20. The minimum absolute atomic E-state index is 0.118. The molecular weight excluding hydrogens is 268 g/mol. The van der Waals surface area contributed by atoms with Crippen molar-refractivity contribution in [3.8, 4) is 0 Å². The summed E-state index contributed by atoms with van der Waals surface area (Å²) >= 11 is 0. The Bertz CT molecular complexity index is 349. The number of allylic oxidation sites excluding steroid dienone is 2. The van der Waals surface area contributed by atoms with Crippen LogP contribution < -0.4 is 10.6 Å². The number of amides is 1. The van der Waals surface area contributed by atoms with Crippen LogP contribution >= 0.6 is 0 Å². The van der Waals surface area contributed by atoms with E-state index >= 15 is 0 Å². The smallest absolute Gasteiger partial charge is 0.220 e. The maximum Gasteiger partial charge on any atom is 0.220 e. The zero-order valence-corrected chi connectivity index (χ0v) is 12.9. The van der Waals surface area contributed by atoms with Crippen LogP contribution in [0, 0.1) is 11.8 Å². The number of piperidine rings is 1. The second-order valence-electron chi connectivity index (χ2n) is 6.32. The van der Waals surface area contributed by atoms with Crippen molar-refractivity contribution in [3.05, 3.63) is 12.2 Å². The molecule has 120 valence electrons. The Morgan fingerprint density at radius 3 is 3.00 bits per heavy atom. The van der Waals surface area contributed by atoms with Gasteiger partial charge in [0.25, 0.3) is 0 Å². The average molecular weight is 296 g/mol. The van der Waals surface area contributed by atoms with Gasteiger partial charge in [0, 0.05) is 25.6 Å². The second-order valence-corrected chi connectivity index (χ2v) is 6.32. The highest BCUT2D eigenvalue weighted by Crippen LogP contribution is 2.24. The van der Waals surface area contributed by atoms with Gasteiger partial charge in [-0.1, -0.05) is 19.1 Å². The molecule has 0 bridgehead atoms. The lowest BCUT2D eigenvalue weighted by Gasteiger charge is -2.26. The highest BCUT2D eigenvalue weighted by atomic mass is 16.5. The van der Waals surface area contributed by atoms with Gasteiger partial charge < -0.3 is 20.5 Å². The Morgan fingerprint density at radius 2 is 2.29 bits per heavy atom. The molecule has 2 rings (SSSR count). The Hall–Kier alpha value is -0.910. The van der Waals surface area contributed by atoms with Crippen LogP contribution in [0.1, 0.15) is 32.6 Å². The molecule has 2 aliphatic rings. The third kappa shape index (κ3) is 5.77. The predicted octanol–water partition coefficient (Wildman–Crippen LogP) is 0.834. The Balaban J connectivity index is 1.54. The van der Waals surface area contributed by atoms with E-state index in [9.17, 15) is 9.90 Å². The summed E-state index contributed by atoms with van der Waals surface area (Å²) in [5, 5.41) is 16.0. The molecule has 1 aliphatic heterocycles. The summed E-state index contributed by atoms with van der Waals surface area (Å²) in [4.78, 5) is 11.1. The summed E-state index contributed by atoms with van der Waals surface area (Å²) in [5.41, 5.74) is 0. The Morgan fingerprint density at radius 1 is 1.48 bits per heavy atom. The van der Waals surface area contributed by atoms with Crippen molar-refractivity contribution in [2.24, 2.45) is 11.8 Å². The number of nitrogens with one attached hydrogen (secondary N) is 2. The van der Waals surface area contributed by atoms with Crippen molar-refractivity contribution in [1.82, 2.24) is 10.6 Å². The van der Waals surface area contributed by atoms with E-state index in [0.717, 1.165) is 25.9 Å². The normalized spacial score (nSPS) is 31.0. The minimum Gasteiger partial charge on any atom is -0.389 e. The van der Waals surface area contributed by atoms with Crippen LogP contribution in [-0.2, 0) is 9.53 Å². The Labute approximate surface area is 127 Å². The van der Waals surface area contributed by atoms with Gasteiger partial charge in [-0.3, -0.25) is 4.79 Å². The monoisotopic (exact) mass is 296 g/mol. The van der Waals surface area contributed by atoms with Gasteiger partial charge in [-0.25, -0.2) is 0 Å². The molecule has 0 aromatic heterocycles. The van der Waals surface area contributed by atoms with Gasteiger partial charge in [-0.2, -0.15) is 0 Å². The molecule has 4 atom stereocenters. The van der Waals surface area contributed by atoms with E-state index in [4.69, 9.17) is 4.74 Å². The zero-order valence-electron chi connectivity index (χ0n) is 12.9. The van der Waals surface area contributed by atoms with E-state index in [-0.39, 0.29) is 11.9 Å². The Kier molecular flexibility index (Phi) is 6.67. The molecule has 0 aromatic rings. The molecule has 1 heterocycles. The summed E-state index contributed by atoms with van der Waals surface area (Å²) in [7, 11) is 0. The molecule has 4 unspecified atom stereocenters. The third-order valence-electron chi connectivity index (χ3n) is 4.47.